The van der Waals surface area contributed by atoms with Crippen molar-refractivity contribution in [1.82, 2.24) is 9.97 Å². The average molecular weight is 454 g/mol. The molecule has 2 aromatic carbocycles. The Balaban J connectivity index is 1.64. The van der Waals surface area contributed by atoms with Gasteiger partial charge in [0.05, 0.1) is 24.8 Å². The quantitative estimate of drug-likeness (QED) is 0.397. The average Bonchev–Trinajstić information content (AvgIpc) is 3.53. The van der Waals surface area contributed by atoms with Crippen LogP contribution in [0.1, 0.15) is 40.5 Å². The van der Waals surface area contributed by atoms with Crippen LogP contribution in [0.15, 0.2) is 53.6 Å². The number of hydrogen-bond acceptors (Lipinski definition) is 6. The third-order valence-corrected chi connectivity index (χ3v) is 6.20. The Kier molecular flexibility index (Phi) is 5.86. The van der Waals surface area contributed by atoms with Crippen LogP contribution in [0.5, 0.6) is 11.5 Å². The van der Waals surface area contributed by atoms with Crippen molar-refractivity contribution < 1.29 is 22.7 Å². The molecule has 1 saturated carbocycles. The van der Waals surface area contributed by atoms with E-state index in [1.807, 2.05) is 12.3 Å². The first-order chi connectivity index (χ1) is 15.3. The smallest absolute Gasteiger partial charge is 0.238 e. The van der Waals surface area contributed by atoms with Crippen LogP contribution in [0.2, 0.25) is 0 Å². The Morgan fingerprint density at radius 3 is 2.41 bits per heavy atom. The molecule has 3 aromatic rings. The van der Waals surface area contributed by atoms with E-state index in [0.29, 0.717) is 28.5 Å². The van der Waals surface area contributed by atoms with Gasteiger partial charge in [-0.05, 0) is 55.3 Å². The number of rotatable bonds is 8. The molecule has 9 heteroatoms. The number of nitrogens with two attached hydrogens (primary N) is 1. The highest BCUT2D eigenvalue weighted by Crippen LogP contribution is 2.41. The maximum absolute atomic E-state index is 12.6. The second kappa shape index (κ2) is 8.60. The molecule has 1 heterocycles. The van der Waals surface area contributed by atoms with E-state index in [1.54, 1.807) is 26.4 Å². The van der Waals surface area contributed by atoms with Gasteiger partial charge in [0.15, 0.2) is 5.78 Å². The molecule has 1 fully saturated rings. The number of carbonyl (C=O) groups is 1. The number of ketones is 1. The Bertz CT molecular complexity index is 1290. The standard InChI is InChI=1S/C23H23N3O5S/c1-30-21-12-22(31-2)18(19-13-25-23(26-19)15-3-4-15)11-16(21)7-10-20(27)14-5-8-17(9-6-14)32(24,28)29/h5-13,15H,3-4H2,1-2H3,(H,25,26)(H2,24,28,29). The highest BCUT2D eigenvalue weighted by Gasteiger charge is 2.27. The fourth-order valence-corrected chi connectivity index (χ4v) is 3.88. The molecule has 3 N–H and O–H groups in total. The number of primary sulfonamides is 1. The lowest BCUT2D eigenvalue weighted by atomic mass is 10.0. The van der Waals surface area contributed by atoms with Gasteiger partial charge in [-0.2, -0.15) is 0 Å². The summed E-state index contributed by atoms with van der Waals surface area (Å²) < 4.78 is 33.8. The molecule has 8 nitrogen and oxygen atoms in total. The van der Waals surface area contributed by atoms with E-state index in [-0.39, 0.29) is 10.7 Å². The molecule has 0 unspecified atom stereocenters. The lowest BCUT2D eigenvalue weighted by Crippen LogP contribution is -2.12. The summed E-state index contributed by atoms with van der Waals surface area (Å²) in [5, 5.41) is 5.10. The molecule has 4 rings (SSSR count). The first kappa shape index (κ1) is 21.8. The van der Waals surface area contributed by atoms with Crippen molar-refractivity contribution in [3.05, 3.63) is 65.6 Å². The number of imidazole rings is 1. The number of hydrogen-bond donors (Lipinski definition) is 2. The molecule has 0 bridgehead atoms. The van der Waals surface area contributed by atoms with Gasteiger partial charge in [-0.3, -0.25) is 4.79 Å². The lowest BCUT2D eigenvalue weighted by Gasteiger charge is -2.12. The van der Waals surface area contributed by atoms with Gasteiger partial charge < -0.3 is 14.5 Å². The summed E-state index contributed by atoms with van der Waals surface area (Å²) >= 11 is 0. The molecular formula is C23H23N3O5S. The number of methoxy groups -OCH3 is 2. The summed E-state index contributed by atoms with van der Waals surface area (Å²) in [6, 6.07) is 9.07. The summed E-state index contributed by atoms with van der Waals surface area (Å²) in [5.74, 6) is 2.31. The summed E-state index contributed by atoms with van der Waals surface area (Å²) in [5.41, 5.74) is 2.54. The van der Waals surface area contributed by atoms with Crippen molar-refractivity contribution in [3.8, 4) is 22.8 Å². The SMILES string of the molecule is COc1cc(OC)c(-c2c[nH]c(C3CC3)n2)cc1C=CC(=O)c1ccc(S(N)(=O)=O)cc1. The number of aromatic nitrogens is 2. The molecule has 1 aromatic heterocycles. The number of aromatic amines is 1. The molecule has 0 saturated heterocycles. The van der Waals surface area contributed by atoms with Gasteiger partial charge in [-0.25, -0.2) is 18.5 Å². The minimum atomic E-state index is -3.81. The van der Waals surface area contributed by atoms with Crippen LogP contribution in [0.3, 0.4) is 0 Å². The van der Waals surface area contributed by atoms with Gasteiger partial charge in [-0.1, -0.05) is 0 Å². The molecule has 0 spiro atoms. The van der Waals surface area contributed by atoms with E-state index in [0.717, 1.165) is 29.9 Å². The Labute approximate surface area is 186 Å². The lowest BCUT2D eigenvalue weighted by molar-refractivity contribution is 0.104. The van der Waals surface area contributed by atoms with Crippen LogP contribution < -0.4 is 14.6 Å². The topological polar surface area (TPSA) is 124 Å². The van der Waals surface area contributed by atoms with Crippen molar-refractivity contribution in [3.63, 3.8) is 0 Å². The molecular weight excluding hydrogens is 430 g/mol. The molecule has 166 valence electrons. The van der Waals surface area contributed by atoms with Crippen LogP contribution in [-0.2, 0) is 10.0 Å². The van der Waals surface area contributed by atoms with E-state index in [1.165, 1.54) is 30.3 Å². The zero-order valence-corrected chi connectivity index (χ0v) is 18.5. The number of ether oxygens (including phenoxy) is 2. The molecule has 32 heavy (non-hydrogen) atoms. The molecule has 0 radical (unpaired) electrons. The highest BCUT2D eigenvalue weighted by atomic mass is 32.2. The Hall–Kier alpha value is -3.43. The van der Waals surface area contributed by atoms with Crippen molar-refractivity contribution >= 4 is 21.9 Å². The van der Waals surface area contributed by atoms with E-state index < -0.39 is 10.0 Å². The third-order valence-electron chi connectivity index (χ3n) is 5.27. The number of H-pyrrole nitrogens is 1. The zero-order chi connectivity index (χ0) is 22.9. The predicted octanol–water partition coefficient (Wildman–Crippen LogP) is 3.51. The Morgan fingerprint density at radius 2 is 1.81 bits per heavy atom. The molecule has 1 aliphatic carbocycles. The number of benzene rings is 2. The van der Waals surface area contributed by atoms with Crippen molar-refractivity contribution in [1.29, 1.82) is 0 Å². The fraction of sp³-hybridized carbons (Fsp3) is 0.217. The molecule has 1 aliphatic rings. The number of allylic oxidation sites excluding steroid dienone is 1. The number of sulfonamides is 1. The van der Waals surface area contributed by atoms with Gasteiger partial charge >= 0.3 is 0 Å². The van der Waals surface area contributed by atoms with Gasteiger partial charge in [0.2, 0.25) is 10.0 Å². The summed E-state index contributed by atoms with van der Waals surface area (Å²) in [6.07, 6.45) is 7.18. The number of nitrogens with one attached hydrogen (secondary N) is 1. The normalized spacial score (nSPS) is 14.0. The summed E-state index contributed by atoms with van der Waals surface area (Å²) in [7, 11) is -0.692. The van der Waals surface area contributed by atoms with Gasteiger partial charge in [0.25, 0.3) is 0 Å². The third kappa shape index (κ3) is 4.58. The largest absolute Gasteiger partial charge is 0.496 e. The van der Waals surface area contributed by atoms with E-state index >= 15 is 0 Å². The van der Waals surface area contributed by atoms with Crippen LogP contribution >= 0.6 is 0 Å². The zero-order valence-electron chi connectivity index (χ0n) is 17.7. The van der Waals surface area contributed by atoms with Gasteiger partial charge in [0.1, 0.15) is 17.3 Å². The molecule has 0 amide bonds. The molecule has 0 atom stereocenters. The first-order valence-electron chi connectivity index (χ1n) is 9.97. The maximum atomic E-state index is 12.6. The van der Waals surface area contributed by atoms with Crippen LogP contribution in [0, 0.1) is 0 Å². The van der Waals surface area contributed by atoms with E-state index in [4.69, 9.17) is 19.6 Å². The second-order valence-electron chi connectivity index (χ2n) is 7.51. The van der Waals surface area contributed by atoms with Gasteiger partial charge in [0, 0.05) is 34.9 Å². The first-order valence-corrected chi connectivity index (χ1v) is 11.5. The predicted molar refractivity (Wildman–Crippen MR) is 120 cm³/mol. The fourth-order valence-electron chi connectivity index (χ4n) is 3.37. The van der Waals surface area contributed by atoms with Crippen molar-refractivity contribution in [2.75, 3.05) is 14.2 Å². The van der Waals surface area contributed by atoms with Crippen LogP contribution in [-0.4, -0.2) is 38.4 Å². The minimum absolute atomic E-state index is 0.0518. The van der Waals surface area contributed by atoms with Crippen molar-refractivity contribution in [2.45, 2.75) is 23.7 Å². The van der Waals surface area contributed by atoms with Crippen LogP contribution in [0.25, 0.3) is 17.3 Å². The number of nitrogens with zero attached hydrogens (tertiary/aromatic N) is 1. The summed E-state index contributed by atoms with van der Waals surface area (Å²) in [4.78, 5) is 20.5. The number of carbonyl (C=O) groups excluding carboxylic acids is 1. The van der Waals surface area contributed by atoms with Gasteiger partial charge in [-0.15, -0.1) is 0 Å². The van der Waals surface area contributed by atoms with E-state index in [2.05, 4.69) is 4.98 Å². The monoisotopic (exact) mass is 453 g/mol. The summed E-state index contributed by atoms with van der Waals surface area (Å²) in [6.45, 7) is 0. The maximum Gasteiger partial charge on any atom is 0.238 e. The Morgan fingerprint density at radius 1 is 1.12 bits per heavy atom. The second-order valence-corrected chi connectivity index (χ2v) is 9.07. The minimum Gasteiger partial charge on any atom is -0.496 e. The highest BCUT2D eigenvalue weighted by molar-refractivity contribution is 7.89. The molecule has 0 aliphatic heterocycles. The van der Waals surface area contributed by atoms with E-state index in [9.17, 15) is 13.2 Å². The van der Waals surface area contributed by atoms with Crippen molar-refractivity contribution in [2.24, 2.45) is 5.14 Å². The van der Waals surface area contributed by atoms with Crippen LogP contribution in [0.4, 0.5) is 0 Å².